The summed E-state index contributed by atoms with van der Waals surface area (Å²) in [5.74, 6) is -1.16. The number of rotatable bonds is 6. The van der Waals surface area contributed by atoms with Crippen LogP contribution in [0.25, 0.3) is 0 Å². The van der Waals surface area contributed by atoms with Crippen molar-refractivity contribution >= 4 is 11.6 Å². The number of alkyl halides is 6. The van der Waals surface area contributed by atoms with Gasteiger partial charge in [-0.15, -0.1) is 0 Å². The first-order valence-corrected chi connectivity index (χ1v) is 9.73. The zero-order valence-electron chi connectivity index (χ0n) is 17.6. The highest BCUT2D eigenvalue weighted by atomic mass is 19.4. The average molecular weight is 467 g/mol. The predicted octanol–water partition coefficient (Wildman–Crippen LogP) is 5.99. The molecule has 0 aliphatic rings. The van der Waals surface area contributed by atoms with Crippen molar-refractivity contribution in [3.63, 3.8) is 0 Å². The number of Topliss-reactive ketones (excluding diaryl/α,β-unsaturated/α-hetero) is 1. The molecule has 0 aliphatic heterocycles. The molecule has 33 heavy (non-hydrogen) atoms. The molecule has 0 N–H and O–H groups in total. The van der Waals surface area contributed by atoms with Crippen molar-refractivity contribution in [2.75, 3.05) is 19.0 Å². The summed E-state index contributed by atoms with van der Waals surface area (Å²) in [5.41, 5.74) is -2.16. The van der Waals surface area contributed by atoms with E-state index in [1.54, 1.807) is 25.1 Å². The van der Waals surface area contributed by atoms with Gasteiger partial charge in [0.2, 0.25) is 0 Å². The zero-order valence-corrected chi connectivity index (χ0v) is 17.6. The van der Waals surface area contributed by atoms with Crippen LogP contribution in [-0.4, -0.2) is 29.8 Å². The van der Waals surface area contributed by atoms with Gasteiger partial charge in [-0.25, -0.2) is 4.98 Å². The number of hydrogen-bond donors (Lipinski definition) is 0. The summed E-state index contributed by atoms with van der Waals surface area (Å²) in [6.45, 7) is 0. The van der Waals surface area contributed by atoms with E-state index in [0.717, 1.165) is 42.6 Å². The van der Waals surface area contributed by atoms with Gasteiger partial charge in [-0.3, -0.25) is 9.78 Å². The molecule has 0 radical (unpaired) electrons. The predicted molar refractivity (Wildman–Crippen MR) is 110 cm³/mol. The lowest BCUT2D eigenvalue weighted by molar-refractivity contribution is -0.139. The minimum Gasteiger partial charge on any atom is -0.363 e. The number of pyridine rings is 2. The van der Waals surface area contributed by atoms with E-state index < -0.39 is 47.3 Å². The highest BCUT2D eigenvalue weighted by Gasteiger charge is 2.37. The van der Waals surface area contributed by atoms with E-state index in [2.05, 4.69) is 9.97 Å². The minimum atomic E-state index is -4.76. The van der Waals surface area contributed by atoms with E-state index in [1.807, 2.05) is 0 Å². The maximum atomic E-state index is 13.6. The van der Waals surface area contributed by atoms with Crippen LogP contribution in [0.2, 0.25) is 0 Å². The Kier molecular flexibility index (Phi) is 6.76. The second-order valence-electron chi connectivity index (χ2n) is 7.53. The number of anilines is 1. The molecule has 1 aromatic carbocycles. The number of nitrogens with zero attached hydrogens (tertiary/aromatic N) is 3. The van der Waals surface area contributed by atoms with Gasteiger partial charge in [0.05, 0.1) is 16.8 Å². The Morgan fingerprint density at radius 3 is 2.09 bits per heavy atom. The number of aromatic nitrogens is 2. The van der Waals surface area contributed by atoms with Gasteiger partial charge < -0.3 is 4.90 Å². The number of benzene rings is 1. The molecule has 4 nitrogen and oxygen atoms in total. The second kappa shape index (κ2) is 9.21. The zero-order chi connectivity index (χ0) is 24.4. The lowest BCUT2D eigenvalue weighted by Crippen LogP contribution is -2.18. The van der Waals surface area contributed by atoms with E-state index in [0.29, 0.717) is 5.82 Å². The number of carbonyl (C=O) groups is 1. The summed E-state index contributed by atoms with van der Waals surface area (Å²) < 4.78 is 79.8. The number of hydrogen-bond acceptors (Lipinski definition) is 4. The largest absolute Gasteiger partial charge is 0.418 e. The quantitative estimate of drug-likeness (QED) is 0.330. The van der Waals surface area contributed by atoms with Gasteiger partial charge in [0.25, 0.3) is 0 Å². The second-order valence-corrected chi connectivity index (χ2v) is 7.53. The number of halogens is 6. The van der Waals surface area contributed by atoms with Crippen molar-refractivity contribution in [1.82, 2.24) is 9.97 Å². The van der Waals surface area contributed by atoms with Gasteiger partial charge in [0, 0.05) is 44.4 Å². The Bertz CT molecular complexity index is 1110. The molecular formula is C23H19F6N3O. The first-order valence-electron chi connectivity index (χ1n) is 9.73. The minimum absolute atomic E-state index is 0.110. The standard InChI is InChI=1S/C23H19F6N3O/c1-32(2)20-10-7-15(13-31-20)19(33)12-17(14-5-8-16(9-6-14)22(24,25)26)21-18(23(27,28)29)4-3-11-30-21/h3-11,13,17H,12H2,1-2H3/t17-/m0/s1. The highest BCUT2D eigenvalue weighted by Crippen LogP contribution is 2.39. The first-order chi connectivity index (χ1) is 15.4. The lowest BCUT2D eigenvalue weighted by Gasteiger charge is -2.21. The topological polar surface area (TPSA) is 46.1 Å². The van der Waals surface area contributed by atoms with Crippen molar-refractivity contribution in [2.45, 2.75) is 24.7 Å². The maximum absolute atomic E-state index is 13.6. The van der Waals surface area contributed by atoms with Gasteiger partial charge in [-0.2, -0.15) is 26.3 Å². The van der Waals surface area contributed by atoms with Gasteiger partial charge in [-0.05, 0) is 42.0 Å². The van der Waals surface area contributed by atoms with Crippen molar-refractivity contribution in [1.29, 1.82) is 0 Å². The van der Waals surface area contributed by atoms with Crippen LogP contribution in [0.15, 0.2) is 60.9 Å². The molecule has 3 rings (SSSR count). The van der Waals surface area contributed by atoms with Gasteiger partial charge in [-0.1, -0.05) is 12.1 Å². The maximum Gasteiger partial charge on any atom is 0.418 e. The molecule has 0 fully saturated rings. The fourth-order valence-corrected chi connectivity index (χ4v) is 3.33. The molecule has 174 valence electrons. The molecule has 2 heterocycles. The Morgan fingerprint density at radius 1 is 0.909 bits per heavy atom. The van der Waals surface area contributed by atoms with Gasteiger partial charge in [0.1, 0.15) is 5.82 Å². The molecule has 0 aliphatic carbocycles. The summed E-state index contributed by atoms with van der Waals surface area (Å²) in [6, 6.07) is 8.72. The molecule has 10 heteroatoms. The van der Waals surface area contributed by atoms with Crippen molar-refractivity contribution < 1.29 is 31.1 Å². The molecule has 0 saturated heterocycles. The van der Waals surface area contributed by atoms with Crippen LogP contribution in [0.4, 0.5) is 32.2 Å². The summed E-state index contributed by atoms with van der Waals surface area (Å²) in [4.78, 5) is 22.6. The van der Waals surface area contributed by atoms with Crippen LogP contribution in [-0.2, 0) is 12.4 Å². The fraction of sp³-hybridized carbons (Fsp3) is 0.261. The van der Waals surface area contributed by atoms with E-state index in [1.165, 1.54) is 12.3 Å². The Hall–Kier alpha value is -3.43. The molecule has 0 spiro atoms. The van der Waals surface area contributed by atoms with Crippen molar-refractivity contribution in [2.24, 2.45) is 0 Å². The molecular weight excluding hydrogens is 448 g/mol. The van der Waals surface area contributed by atoms with Crippen LogP contribution in [0.3, 0.4) is 0 Å². The summed E-state index contributed by atoms with van der Waals surface area (Å²) in [6.07, 6.45) is -7.34. The van der Waals surface area contributed by atoms with Crippen LogP contribution < -0.4 is 4.90 Å². The van der Waals surface area contributed by atoms with Crippen LogP contribution >= 0.6 is 0 Å². The average Bonchev–Trinajstić information content (AvgIpc) is 2.76. The number of ketones is 1. The van der Waals surface area contributed by atoms with Crippen LogP contribution in [0.5, 0.6) is 0 Å². The monoisotopic (exact) mass is 467 g/mol. The third-order valence-electron chi connectivity index (χ3n) is 5.03. The number of carbonyl (C=O) groups excluding carboxylic acids is 1. The fourth-order valence-electron chi connectivity index (χ4n) is 3.33. The molecule has 0 saturated carbocycles. The Labute approximate surface area is 185 Å². The Morgan fingerprint density at radius 2 is 1.58 bits per heavy atom. The molecule has 3 aromatic rings. The smallest absolute Gasteiger partial charge is 0.363 e. The van der Waals surface area contributed by atoms with Crippen molar-refractivity contribution in [3.05, 3.63) is 88.9 Å². The third-order valence-corrected chi connectivity index (χ3v) is 5.03. The summed E-state index contributed by atoms with van der Waals surface area (Å²) in [5, 5.41) is 0. The van der Waals surface area contributed by atoms with E-state index in [4.69, 9.17) is 0 Å². The normalized spacial score (nSPS) is 13.0. The van der Waals surface area contributed by atoms with Gasteiger partial charge >= 0.3 is 12.4 Å². The lowest BCUT2D eigenvalue weighted by atomic mass is 9.86. The van der Waals surface area contributed by atoms with E-state index in [-0.39, 0.29) is 11.1 Å². The highest BCUT2D eigenvalue weighted by molar-refractivity contribution is 5.96. The molecule has 2 aromatic heterocycles. The van der Waals surface area contributed by atoms with Crippen LogP contribution in [0.1, 0.15) is 45.1 Å². The SMILES string of the molecule is CN(C)c1ccc(C(=O)C[C@@H](c2ccc(C(F)(F)F)cc2)c2ncccc2C(F)(F)F)cn1. The van der Waals surface area contributed by atoms with Crippen molar-refractivity contribution in [3.8, 4) is 0 Å². The summed E-state index contributed by atoms with van der Waals surface area (Å²) in [7, 11) is 3.51. The summed E-state index contributed by atoms with van der Waals surface area (Å²) >= 11 is 0. The third kappa shape index (κ3) is 5.68. The molecule has 0 amide bonds. The Balaban J connectivity index is 2.04. The van der Waals surface area contributed by atoms with Gasteiger partial charge in [0.15, 0.2) is 5.78 Å². The molecule has 0 bridgehead atoms. The molecule has 1 atom stereocenters. The van der Waals surface area contributed by atoms with E-state index in [9.17, 15) is 31.1 Å². The van der Waals surface area contributed by atoms with E-state index >= 15 is 0 Å². The first kappa shape index (κ1) is 24.2. The van der Waals surface area contributed by atoms with Crippen LogP contribution in [0, 0.1) is 0 Å². The molecule has 0 unspecified atom stereocenters.